The van der Waals surface area contributed by atoms with Gasteiger partial charge in [-0.25, -0.2) is 4.98 Å². The highest BCUT2D eigenvalue weighted by Crippen LogP contribution is 2.15. The quantitative estimate of drug-likeness (QED) is 0.795. The van der Waals surface area contributed by atoms with Crippen molar-refractivity contribution in [3.8, 4) is 0 Å². The lowest BCUT2D eigenvalue weighted by atomic mass is 10.1. The summed E-state index contributed by atoms with van der Waals surface area (Å²) < 4.78 is 0. The normalized spacial score (nSPS) is 11.1. The van der Waals surface area contributed by atoms with E-state index in [0.29, 0.717) is 0 Å². The number of hydrogen-bond donors (Lipinski definition) is 1. The Labute approximate surface area is 122 Å². The molecule has 20 heavy (non-hydrogen) atoms. The summed E-state index contributed by atoms with van der Waals surface area (Å²) in [4.78, 5) is 10.1. The minimum absolute atomic E-state index is 0.862. The van der Waals surface area contributed by atoms with Crippen LogP contribution in [0.1, 0.15) is 21.8 Å². The molecule has 0 aliphatic rings. The summed E-state index contributed by atoms with van der Waals surface area (Å²) in [5.41, 5.74) is 6.43. The SMILES string of the molecule is Cc1ccc2cc(CNCc3scnc3C)ccc2n1. The van der Waals surface area contributed by atoms with E-state index in [4.69, 9.17) is 0 Å². The molecule has 4 heteroatoms. The Balaban J connectivity index is 1.68. The van der Waals surface area contributed by atoms with Gasteiger partial charge in [-0.3, -0.25) is 4.98 Å². The first-order valence-corrected chi connectivity index (χ1v) is 7.56. The maximum absolute atomic E-state index is 4.52. The lowest BCUT2D eigenvalue weighted by Crippen LogP contribution is -2.12. The number of pyridine rings is 1. The molecule has 0 aliphatic heterocycles. The van der Waals surface area contributed by atoms with Crippen molar-refractivity contribution in [2.24, 2.45) is 0 Å². The molecule has 0 saturated carbocycles. The van der Waals surface area contributed by atoms with Crippen LogP contribution in [0.4, 0.5) is 0 Å². The van der Waals surface area contributed by atoms with Crippen LogP contribution in [0.25, 0.3) is 10.9 Å². The Kier molecular flexibility index (Phi) is 3.76. The summed E-state index contributed by atoms with van der Waals surface area (Å²) in [7, 11) is 0. The second-order valence-electron chi connectivity index (χ2n) is 4.94. The number of aromatic nitrogens is 2. The monoisotopic (exact) mass is 283 g/mol. The van der Waals surface area contributed by atoms with Gasteiger partial charge in [-0.05, 0) is 37.6 Å². The summed E-state index contributed by atoms with van der Waals surface area (Å²) in [5, 5.41) is 4.67. The number of nitrogens with zero attached hydrogens (tertiary/aromatic N) is 2. The number of fused-ring (bicyclic) bond motifs is 1. The van der Waals surface area contributed by atoms with Gasteiger partial charge in [0, 0.05) is 29.0 Å². The Morgan fingerprint density at radius 1 is 1.10 bits per heavy atom. The number of rotatable bonds is 4. The Hall–Kier alpha value is -1.78. The molecule has 1 aromatic carbocycles. The number of nitrogens with one attached hydrogen (secondary N) is 1. The molecule has 0 radical (unpaired) electrons. The van der Waals surface area contributed by atoms with Crippen LogP contribution in [-0.2, 0) is 13.1 Å². The second-order valence-corrected chi connectivity index (χ2v) is 5.88. The van der Waals surface area contributed by atoms with Gasteiger partial charge < -0.3 is 5.32 Å². The van der Waals surface area contributed by atoms with Crippen molar-refractivity contribution in [3.63, 3.8) is 0 Å². The highest BCUT2D eigenvalue weighted by atomic mass is 32.1. The first-order chi connectivity index (χ1) is 9.72. The van der Waals surface area contributed by atoms with Crippen molar-refractivity contribution in [2.45, 2.75) is 26.9 Å². The maximum atomic E-state index is 4.52. The fourth-order valence-electron chi connectivity index (χ4n) is 2.20. The van der Waals surface area contributed by atoms with Gasteiger partial charge in [0.1, 0.15) is 0 Å². The molecule has 0 atom stereocenters. The molecule has 2 heterocycles. The van der Waals surface area contributed by atoms with Crippen LogP contribution in [0.15, 0.2) is 35.8 Å². The fourth-order valence-corrected chi connectivity index (χ4v) is 2.95. The lowest BCUT2D eigenvalue weighted by Gasteiger charge is -2.06. The second kappa shape index (κ2) is 5.69. The minimum atomic E-state index is 0.862. The van der Waals surface area contributed by atoms with Crippen LogP contribution < -0.4 is 5.32 Å². The predicted octanol–water partition coefficient (Wildman–Crippen LogP) is 3.60. The van der Waals surface area contributed by atoms with E-state index in [1.54, 1.807) is 11.3 Å². The summed E-state index contributed by atoms with van der Waals surface area (Å²) in [6, 6.07) is 10.6. The Morgan fingerprint density at radius 3 is 2.80 bits per heavy atom. The van der Waals surface area contributed by atoms with Crippen LogP contribution in [0.2, 0.25) is 0 Å². The van der Waals surface area contributed by atoms with Crippen LogP contribution in [0.3, 0.4) is 0 Å². The molecule has 0 unspecified atom stereocenters. The van der Waals surface area contributed by atoms with Gasteiger partial charge in [0.15, 0.2) is 0 Å². The van der Waals surface area contributed by atoms with E-state index in [0.717, 1.165) is 30.0 Å². The van der Waals surface area contributed by atoms with Crippen LogP contribution in [0.5, 0.6) is 0 Å². The lowest BCUT2D eigenvalue weighted by molar-refractivity contribution is 0.697. The number of aryl methyl sites for hydroxylation is 2. The zero-order valence-electron chi connectivity index (χ0n) is 11.7. The van der Waals surface area contributed by atoms with E-state index in [9.17, 15) is 0 Å². The molecule has 0 amide bonds. The van der Waals surface area contributed by atoms with Gasteiger partial charge in [0.25, 0.3) is 0 Å². The predicted molar refractivity (Wildman–Crippen MR) is 83.9 cm³/mol. The zero-order chi connectivity index (χ0) is 13.9. The Morgan fingerprint density at radius 2 is 2.00 bits per heavy atom. The van der Waals surface area contributed by atoms with Gasteiger partial charge in [-0.1, -0.05) is 12.1 Å². The van der Waals surface area contributed by atoms with Gasteiger partial charge in [-0.2, -0.15) is 0 Å². The van der Waals surface area contributed by atoms with Crippen molar-refractivity contribution in [3.05, 3.63) is 57.7 Å². The van der Waals surface area contributed by atoms with Crippen LogP contribution in [0, 0.1) is 13.8 Å². The van der Waals surface area contributed by atoms with E-state index in [2.05, 4.69) is 52.5 Å². The van der Waals surface area contributed by atoms with Gasteiger partial charge in [-0.15, -0.1) is 11.3 Å². The average molecular weight is 283 g/mol. The van der Waals surface area contributed by atoms with E-state index < -0.39 is 0 Å². The third kappa shape index (κ3) is 2.86. The molecule has 3 nitrogen and oxygen atoms in total. The van der Waals surface area contributed by atoms with E-state index in [1.807, 2.05) is 12.4 Å². The van der Waals surface area contributed by atoms with E-state index >= 15 is 0 Å². The van der Waals surface area contributed by atoms with Gasteiger partial charge in [0.2, 0.25) is 0 Å². The largest absolute Gasteiger partial charge is 0.308 e. The summed E-state index contributed by atoms with van der Waals surface area (Å²) >= 11 is 1.71. The average Bonchev–Trinajstić information content (AvgIpc) is 2.85. The maximum Gasteiger partial charge on any atom is 0.0798 e. The van der Waals surface area contributed by atoms with Crippen molar-refractivity contribution in [1.82, 2.24) is 15.3 Å². The van der Waals surface area contributed by atoms with Gasteiger partial charge >= 0.3 is 0 Å². The van der Waals surface area contributed by atoms with Crippen molar-refractivity contribution in [2.75, 3.05) is 0 Å². The molecule has 3 aromatic rings. The molecular formula is C16H17N3S. The number of thiazole rings is 1. The zero-order valence-corrected chi connectivity index (χ0v) is 12.5. The molecule has 0 spiro atoms. The van der Waals surface area contributed by atoms with Crippen molar-refractivity contribution >= 4 is 22.2 Å². The van der Waals surface area contributed by atoms with Crippen molar-refractivity contribution < 1.29 is 0 Å². The van der Waals surface area contributed by atoms with Crippen molar-refractivity contribution in [1.29, 1.82) is 0 Å². The van der Waals surface area contributed by atoms with Crippen LogP contribution >= 0.6 is 11.3 Å². The van der Waals surface area contributed by atoms with E-state index in [-0.39, 0.29) is 0 Å². The van der Waals surface area contributed by atoms with E-state index in [1.165, 1.54) is 15.8 Å². The smallest absolute Gasteiger partial charge is 0.0798 e. The third-order valence-corrected chi connectivity index (χ3v) is 4.29. The molecule has 3 rings (SSSR count). The third-order valence-electron chi connectivity index (χ3n) is 3.35. The first-order valence-electron chi connectivity index (χ1n) is 6.68. The molecule has 102 valence electrons. The summed E-state index contributed by atoms with van der Waals surface area (Å²) in [6.07, 6.45) is 0. The number of benzene rings is 1. The fraction of sp³-hybridized carbons (Fsp3) is 0.250. The molecule has 0 fully saturated rings. The molecule has 0 saturated heterocycles. The topological polar surface area (TPSA) is 37.8 Å². The number of hydrogen-bond acceptors (Lipinski definition) is 4. The standard InChI is InChI=1S/C16H17N3S/c1-11-3-5-14-7-13(4-6-15(14)19-11)8-17-9-16-12(2)18-10-20-16/h3-7,10,17H,8-9H2,1-2H3. The minimum Gasteiger partial charge on any atom is -0.308 e. The highest BCUT2D eigenvalue weighted by Gasteiger charge is 2.02. The molecule has 1 N–H and O–H groups in total. The molecule has 0 bridgehead atoms. The summed E-state index contributed by atoms with van der Waals surface area (Å²) in [6.45, 7) is 5.81. The molecule has 0 aliphatic carbocycles. The van der Waals surface area contributed by atoms with Gasteiger partial charge in [0.05, 0.1) is 16.7 Å². The molecular weight excluding hydrogens is 266 g/mol. The first kappa shape index (κ1) is 13.2. The highest BCUT2D eigenvalue weighted by molar-refractivity contribution is 7.09. The Bertz CT molecular complexity index is 733. The molecule has 2 aromatic heterocycles. The summed E-state index contributed by atoms with van der Waals surface area (Å²) in [5.74, 6) is 0. The van der Waals surface area contributed by atoms with Crippen LogP contribution in [-0.4, -0.2) is 9.97 Å².